The molecule has 0 atom stereocenters. The fourth-order valence-corrected chi connectivity index (χ4v) is 4.59. The molecule has 2 aromatic carbocycles. The van der Waals surface area contributed by atoms with E-state index in [-0.39, 0.29) is 17.4 Å². The van der Waals surface area contributed by atoms with E-state index in [2.05, 4.69) is 16.4 Å². The number of carbonyl (C=O) groups excluding carboxylic acids is 1. The fourth-order valence-electron chi connectivity index (χ4n) is 3.70. The highest BCUT2D eigenvalue weighted by Crippen LogP contribution is 2.40. The average molecular weight is 390 g/mol. The maximum atomic E-state index is 14.7. The SMILES string of the molecule is CNC(=O)c1cc(-c2ccccc2F)c2c(C)c(-c3cccs3)c(C)cc2n1. The van der Waals surface area contributed by atoms with Gasteiger partial charge in [-0.05, 0) is 65.7 Å². The lowest BCUT2D eigenvalue weighted by molar-refractivity contribution is 0.0958. The number of fused-ring (bicyclic) bond motifs is 1. The van der Waals surface area contributed by atoms with Crippen molar-refractivity contribution >= 4 is 28.1 Å². The van der Waals surface area contributed by atoms with Crippen molar-refractivity contribution < 1.29 is 9.18 Å². The van der Waals surface area contributed by atoms with Crippen LogP contribution in [0.2, 0.25) is 0 Å². The molecule has 4 rings (SSSR count). The summed E-state index contributed by atoms with van der Waals surface area (Å²) in [7, 11) is 1.56. The normalized spacial score (nSPS) is 11.0. The summed E-state index contributed by atoms with van der Waals surface area (Å²) in [4.78, 5) is 18.0. The van der Waals surface area contributed by atoms with E-state index < -0.39 is 0 Å². The number of halogens is 1. The van der Waals surface area contributed by atoms with Crippen LogP contribution in [0.5, 0.6) is 0 Å². The maximum Gasteiger partial charge on any atom is 0.269 e. The average Bonchev–Trinajstić information content (AvgIpc) is 3.21. The molecule has 0 aliphatic carbocycles. The zero-order chi connectivity index (χ0) is 19.8. The van der Waals surface area contributed by atoms with Crippen molar-refractivity contribution in [2.75, 3.05) is 7.05 Å². The molecule has 2 heterocycles. The summed E-state index contributed by atoms with van der Waals surface area (Å²) < 4.78 is 14.7. The lowest BCUT2D eigenvalue weighted by atomic mass is 9.91. The van der Waals surface area contributed by atoms with Crippen LogP contribution in [0.25, 0.3) is 32.5 Å². The highest BCUT2D eigenvalue weighted by atomic mass is 32.1. The van der Waals surface area contributed by atoms with E-state index in [9.17, 15) is 9.18 Å². The van der Waals surface area contributed by atoms with Crippen molar-refractivity contribution in [3.8, 4) is 21.6 Å². The Morgan fingerprint density at radius 3 is 2.54 bits per heavy atom. The van der Waals surface area contributed by atoms with E-state index >= 15 is 0 Å². The third-order valence-electron chi connectivity index (χ3n) is 4.94. The van der Waals surface area contributed by atoms with Crippen LogP contribution >= 0.6 is 11.3 Å². The van der Waals surface area contributed by atoms with Gasteiger partial charge in [0.25, 0.3) is 5.91 Å². The number of rotatable bonds is 3. The molecule has 140 valence electrons. The first-order chi connectivity index (χ1) is 13.5. The number of thiophene rings is 1. The Morgan fingerprint density at radius 1 is 1.07 bits per heavy atom. The molecule has 28 heavy (non-hydrogen) atoms. The minimum absolute atomic E-state index is 0.274. The molecule has 0 saturated carbocycles. The molecular weight excluding hydrogens is 371 g/mol. The van der Waals surface area contributed by atoms with E-state index in [1.54, 1.807) is 42.6 Å². The van der Waals surface area contributed by atoms with E-state index in [0.29, 0.717) is 16.6 Å². The standard InChI is InChI=1S/C23H19FN2OS/c1-13-11-18-22(14(2)21(13)20-9-6-10-28-20)16(12-19(26-18)23(27)25-3)15-7-4-5-8-17(15)24/h4-12H,1-3H3,(H,25,27). The molecule has 0 bridgehead atoms. The quantitative estimate of drug-likeness (QED) is 0.484. The predicted octanol–water partition coefficient (Wildman–Crippen LogP) is 5.75. The molecule has 0 fully saturated rings. The Morgan fingerprint density at radius 2 is 1.86 bits per heavy atom. The summed E-state index contributed by atoms with van der Waals surface area (Å²) in [6.07, 6.45) is 0. The Bertz CT molecular complexity index is 1200. The van der Waals surface area contributed by atoms with Crippen molar-refractivity contribution in [1.82, 2.24) is 10.3 Å². The first-order valence-electron chi connectivity index (χ1n) is 8.97. The summed E-state index contributed by atoms with van der Waals surface area (Å²) in [6, 6.07) is 14.4. The molecule has 3 nitrogen and oxygen atoms in total. The number of carbonyl (C=O) groups is 1. The van der Waals surface area contributed by atoms with Crippen LogP contribution in [-0.2, 0) is 0 Å². The van der Waals surface area contributed by atoms with Crippen LogP contribution in [0, 0.1) is 19.7 Å². The Hall–Kier alpha value is -3.05. The topological polar surface area (TPSA) is 42.0 Å². The van der Waals surface area contributed by atoms with E-state index in [1.807, 2.05) is 31.4 Å². The monoisotopic (exact) mass is 390 g/mol. The van der Waals surface area contributed by atoms with E-state index in [1.165, 1.54) is 6.07 Å². The molecule has 1 N–H and O–H groups in total. The van der Waals surface area contributed by atoms with Gasteiger partial charge in [-0.3, -0.25) is 4.79 Å². The van der Waals surface area contributed by atoms with Crippen molar-refractivity contribution in [2.45, 2.75) is 13.8 Å². The van der Waals surface area contributed by atoms with Crippen molar-refractivity contribution in [3.05, 3.63) is 76.5 Å². The van der Waals surface area contributed by atoms with Gasteiger partial charge in [-0.15, -0.1) is 11.3 Å². The van der Waals surface area contributed by atoms with Crippen molar-refractivity contribution in [1.29, 1.82) is 0 Å². The fraction of sp³-hybridized carbons (Fsp3) is 0.130. The number of aryl methyl sites for hydroxylation is 2. The minimum Gasteiger partial charge on any atom is -0.354 e. The van der Waals surface area contributed by atoms with Gasteiger partial charge in [-0.2, -0.15) is 0 Å². The highest BCUT2D eigenvalue weighted by molar-refractivity contribution is 7.13. The number of aromatic nitrogens is 1. The first-order valence-corrected chi connectivity index (χ1v) is 9.85. The van der Waals surface area contributed by atoms with Crippen LogP contribution in [0.3, 0.4) is 0 Å². The van der Waals surface area contributed by atoms with Crippen LogP contribution in [0.1, 0.15) is 21.6 Å². The number of hydrogen-bond acceptors (Lipinski definition) is 3. The van der Waals surface area contributed by atoms with Gasteiger partial charge >= 0.3 is 0 Å². The largest absolute Gasteiger partial charge is 0.354 e. The molecule has 2 aromatic heterocycles. The lowest BCUT2D eigenvalue weighted by Crippen LogP contribution is -2.19. The van der Waals surface area contributed by atoms with Gasteiger partial charge in [0.05, 0.1) is 5.52 Å². The van der Waals surface area contributed by atoms with Gasteiger partial charge in [-0.25, -0.2) is 9.37 Å². The number of pyridine rings is 1. The maximum absolute atomic E-state index is 14.7. The summed E-state index contributed by atoms with van der Waals surface area (Å²) in [5.41, 5.74) is 5.35. The third kappa shape index (κ3) is 2.98. The molecule has 5 heteroatoms. The second-order valence-electron chi connectivity index (χ2n) is 6.68. The molecule has 0 spiro atoms. The van der Waals surface area contributed by atoms with Crippen LogP contribution in [0.15, 0.2) is 53.9 Å². The van der Waals surface area contributed by atoms with E-state index in [4.69, 9.17) is 0 Å². The zero-order valence-electron chi connectivity index (χ0n) is 15.8. The number of nitrogens with one attached hydrogen (secondary N) is 1. The molecule has 0 aliphatic heterocycles. The Balaban J connectivity index is 2.14. The number of nitrogens with zero attached hydrogens (tertiary/aromatic N) is 1. The van der Waals surface area contributed by atoms with Gasteiger partial charge < -0.3 is 5.32 Å². The number of benzene rings is 2. The Kier molecular flexibility index (Phi) is 4.69. The Labute approximate surface area is 166 Å². The molecular formula is C23H19FN2OS. The number of hydrogen-bond donors (Lipinski definition) is 1. The van der Waals surface area contributed by atoms with Gasteiger partial charge in [0, 0.05) is 22.9 Å². The zero-order valence-corrected chi connectivity index (χ0v) is 16.7. The number of amides is 1. The third-order valence-corrected chi connectivity index (χ3v) is 5.82. The summed E-state index contributed by atoms with van der Waals surface area (Å²) >= 11 is 1.67. The highest BCUT2D eigenvalue weighted by Gasteiger charge is 2.19. The summed E-state index contributed by atoms with van der Waals surface area (Å²) in [5.74, 6) is -0.618. The molecule has 0 unspecified atom stereocenters. The van der Waals surface area contributed by atoms with Gasteiger partial charge in [0.15, 0.2) is 0 Å². The second kappa shape index (κ2) is 7.17. The lowest BCUT2D eigenvalue weighted by Gasteiger charge is -2.17. The summed E-state index contributed by atoms with van der Waals surface area (Å²) in [6.45, 7) is 4.08. The molecule has 4 aromatic rings. The molecule has 0 saturated heterocycles. The molecule has 1 amide bonds. The minimum atomic E-state index is -0.324. The van der Waals surface area contributed by atoms with Crippen molar-refractivity contribution in [3.63, 3.8) is 0 Å². The van der Waals surface area contributed by atoms with Crippen molar-refractivity contribution in [2.24, 2.45) is 0 Å². The van der Waals surface area contributed by atoms with Crippen LogP contribution in [-0.4, -0.2) is 17.9 Å². The first kappa shape index (κ1) is 18.3. The van der Waals surface area contributed by atoms with Gasteiger partial charge in [0.2, 0.25) is 0 Å². The van der Waals surface area contributed by atoms with Crippen LogP contribution < -0.4 is 5.32 Å². The van der Waals surface area contributed by atoms with Gasteiger partial charge in [-0.1, -0.05) is 24.3 Å². The van der Waals surface area contributed by atoms with Crippen LogP contribution in [0.4, 0.5) is 4.39 Å². The van der Waals surface area contributed by atoms with Gasteiger partial charge in [0.1, 0.15) is 11.5 Å². The second-order valence-corrected chi connectivity index (χ2v) is 7.63. The molecule has 0 aliphatic rings. The smallest absolute Gasteiger partial charge is 0.269 e. The molecule has 0 radical (unpaired) electrons. The van der Waals surface area contributed by atoms with E-state index in [0.717, 1.165) is 27.0 Å². The predicted molar refractivity (Wildman–Crippen MR) is 113 cm³/mol. The summed E-state index contributed by atoms with van der Waals surface area (Å²) in [5, 5.41) is 5.52.